The maximum absolute atomic E-state index is 5.98. The Morgan fingerprint density at radius 1 is 1.16 bits per heavy atom. The number of hydrogen-bond donors (Lipinski definition) is 0. The molecule has 1 aliphatic rings. The van der Waals surface area contributed by atoms with E-state index in [1.165, 1.54) is 19.3 Å². The predicted molar refractivity (Wildman–Crippen MR) is 94.7 cm³/mol. The molecule has 0 spiro atoms. The molecule has 130 valence electrons. The average Bonchev–Trinajstić information content (AvgIpc) is 3.34. The highest BCUT2D eigenvalue weighted by Crippen LogP contribution is 2.30. The molecule has 0 radical (unpaired) electrons. The second-order valence-electron chi connectivity index (χ2n) is 6.60. The van der Waals surface area contributed by atoms with Crippen molar-refractivity contribution < 1.29 is 4.42 Å². The van der Waals surface area contributed by atoms with Crippen LogP contribution in [0.15, 0.2) is 53.2 Å². The lowest BCUT2D eigenvalue weighted by Gasteiger charge is -2.38. The van der Waals surface area contributed by atoms with Crippen LogP contribution < -0.4 is 0 Å². The molecular formula is C19H23N5O. The molecular weight excluding hydrogens is 314 g/mol. The van der Waals surface area contributed by atoms with Crippen molar-refractivity contribution in [1.29, 1.82) is 0 Å². The van der Waals surface area contributed by atoms with Crippen molar-refractivity contribution in [2.45, 2.75) is 44.8 Å². The maximum atomic E-state index is 5.98. The summed E-state index contributed by atoms with van der Waals surface area (Å²) in [6.07, 6.45) is 7.50. The predicted octanol–water partition coefficient (Wildman–Crippen LogP) is 3.55. The molecule has 3 aromatic rings. The molecule has 1 fully saturated rings. The summed E-state index contributed by atoms with van der Waals surface area (Å²) in [4.78, 5) is 2.48. The van der Waals surface area contributed by atoms with E-state index in [0.29, 0.717) is 17.8 Å². The number of likely N-dealkylation sites (tertiary alicyclic amines) is 1. The Balaban J connectivity index is 1.52. The minimum Gasteiger partial charge on any atom is -0.419 e. The van der Waals surface area contributed by atoms with E-state index in [4.69, 9.17) is 4.42 Å². The second kappa shape index (κ2) is 7.19. The number of piperidine rings is 1. The number of aromatic nitrogens is 4. The van der Waals surface area contributed by atoms with E-state index in [2.05, 4.69) is 27.1 Å². The Morgan fingerprint density at radius 3 is 2.84 bits per heavy atom. The van der Waals surface area contributed by atoms with Crippen molar-refractivity contribution in [3.05, 3.63) is 54.7 Å². The molecule has 1 aromatic carbocycles. The van der Waals surface area contributed by atoms with Crippen LogP contribution in [0, 0.1) is 0 Å². The maximum Gasteiger partial charge on any atom is 0.247 e. The smallest absolute Gasteiger partial charge is 0.247 e. The zero-order valence-corrected chi connectivity index (χ0v) is 14.5. The van der Waals surface area contributed by atoms with E-state index in [1.54, 1.807) is 0 Å². The molecule has 0 aliphatic carbocycles. The third-order valence-electron chi connectivity index (χ3n) is 4.95. The average molecular weight is 337 g/mol. The molecule has 0 saturated carbocycles. The van der Waals surface area contributed by atoms with Gasteiger partial charge in [0.05, 0.1) is 12.6 Å². The van der Waals surface area contributed by atoms with Crippen molar-refractivity contribution >= 4 is 0 Å². The molecule has 4 rings (SSSR count). The van der Waals surface area contributed by atoms with Crippen molar-refractivity contribution in [2.75, 3.05) is 6.54 Å². The van der Waals surface area contributed by atoms with Gasteiger partial charge in [0, 0.05) is 24.0 Å². The standard InChI is InChI=1S/C19H23N5O/c1-15(18-21-22-19(25-18)16-8-3-2-4-9-16)24-13-6-5-10-17(24)14-23-12-7-11-20-23/h2-4,7-9,11-12,15,17H,5-6,10,13-14H2,1H3/t15-,17-/m0/s1. The van der Waals surface area contributed by atoms with E-state index in [9.17, 15) is 0 Å². The summed E-state index contributed by atoms with van der Waals surface area (Å²) >= 11 is 0. The molecule has 0 unspecified atom stereocenters. The lowest BCUT2D eigenvalue weighted by molar-refractivity contribution is 0.0755. The van der Waals surface area contributed by atoms with Gasteiger partial charge >= 0.3 is 0 Å². The zero-order valence-electron chi connectivity index (χ0n) is 14.5. The SMILES string of the molecule is C[C@@H](c1nnc(-c2ccccc2)o1)N1CCCC[C@H]1Cn1cccn1. The molecule has 2 atom stereocenters. The van der Waals surface area contributed by atoms with Crippen LogP contribution in [-0.4, -0.2) is 37.5 Å². The normalized spacial score (nSPS) is 19.8. The number of rotatable bonds is 5. The van der Waals surface area contributed by atoms with E-state index in [-0.39, 0.29) is 6.04 Å². The molecule has 25 heavy (non-hydrogen) atoms. The number of benzene rings is 1. The summed E-state index contributed by atoms with van der Waals surface area (Å²) in [6.45, 7) is 4.11. The summed E-state index contributed by atoms with van der Waals surface area (Å²) in [5.41, 5.74) is 0.959. The fourth-order valence-electron chi connectivity index (χ4n) is 3.60. The topological polar surface area (TPSA) is 60.0 Å². The minimum atomic E-state index is 0.103. The summed E-state index contributed by atoms with van der Waals surface area (Å²) in [5.74, 6) is 1.27. The van der Waals surface area contributed by atoms with Crippen molar-refractivity contribution in [3.8, 4) is 11.5 Å². The van der Waals surface area contributed by atoms with Gasteiger partial charge in [-0.25, -0.2) is 0 Å². The first-order valence-corrected chi connectivity index (χ1v) is 8.93. The molecule has 0 amide bonds. The third-order valence-corrected chi connectivity index (χ3v) is 4.95. The van der Waals surface area contributed by atoms with Crippen LogP contribution >= 0.6 is 0 Å². The van der Waals surface area contributed by atoms with Gasteiger partial charge in [0.2, 0.25) is 11.8 Å². The minimum absolute atomic E-state index is 0.103. The first-order chi connectivity index (χ1) is 12.3. The fourth-order valence-corrected chi connectivity index (χ4v) is 3.60. The van der Waals surface area contributed by atoms with Gasteiger partial charge in [-0.3, -0.25) is 9.58 Å². The second-order valence-corrected chi connectivity index (χ2v) is 6.60. The monoisotopic (exact) mass is 337 g/mol. The van der Waals surface area contributed by atoms with E-state index in [0.717, 1.165) is 18.7 Å². The van der Waals surface area contributed by atoms with Crippen molar-refractivity contribution in [3.63, 3.8) is 0 Å². The van der Waals surface area contributed by atoms with Gasteiger partial charge in [0.1, 0.15) is 0 Å². The Bertz CT molecular complexity index is 783. The third kappa shape index (κ3) is 3.49. The van der Waals surface area contributed by atoms with Gasteiger partial charge in [0.15, 0.2) is 0 Å². The first-order valence-electron chi connectivity index (χ1n) is 8.93. The molecule has 0 N–H and O–H groups in total. The van der Waals surface area contributed by atoms with Crippen LogP contribution in [0.5, 0.6) is 0 Å². The fraction of sp³-hybridized carbons (Fsp3) is 0.421. The van der Waals surface area contributed by atoms with Gasteiger partial charge in [-0.1, -0.05) is 24.6 Å². The van der Waals surface area contributed by atoms with E-state index in [1.807, 2.05) is 53.5 Å². The molecule has 1 aliphatic heterocycles. The summed E-state index contributed by atoms with van der Waals surface area (Å²) in [7, 11) is 0. The van der Waals surface area contributed by atoms with Crippen LogP contribution in [0.25, 0.3) is 11.5 Å². The van der Waals surface area contributed by atoms with Crippen molar-refractivity contribution in [1.82, 2.24) is 24.9 Å². The molecule has 3 heterocycles. The molecule has 2 aromatic heterocycles. The Morgan fingerprint density at radius 2 is 2.04 bits per heavy atom. The Labute approximate surface area is 147 Å². The number of nitrogens with zero attached hydrogens (tertiary/aromatic N) is 5. The van der Waals surface area contributed by atoms with Crippen LogP contribution in [0.1, 0.15) is 38.1 Å². The van der Waals surface area contributed by atoms with E-state index >= 15 is 0 Å². The van der Waals surface area contributed by atoms with Gasteiger partial charge in [-0.05, 0) is 44.5 Å². The molecule has 6 nitrogen and oxygen atoms in total. The Kier molecular flexibility index (Phi) is 4.61. The summed E-state index contributed by atoms with van der Waals surface area (Å²) < 4.78 is 7.99. The first kappa shape index (κ1) is 16.0. The van der Waals surface area contributed by atoms with E-state index < -0.39 is 0 Å². The van der Waals surface area contributed by atoms with Gasteiger partial charge in [-0.15, -0.1) is 10.2 Å². The van der Waals surface area contributed by atoms with Gasteiger partial charge in [-0.2, -0.15) is 5.10 Å². The molecule has 0 bridgehead atoms. The zero-order chi connectivity index (χ0) is 17.1. The molecule has 6 heteroatoms. The molecule has 1 saturated heterocycles. The highest BCUT2D eigenvalue weighted by Gasteiger charge is 2.30. The van der Waals surface area contributed by atoms with Crippen LogP contribution in [-0.2, 0) is 6.54 Å². The lowest BCUT2D eigenvalue weighted by atomic mass is 10.00. The Hall–Kier alpha value is -2.47. The van der Waals surface area contributed by atoms with Crippen LogP contribution in [0.2, 0.25) is 0 Å². The largest absolute Gasteiger partial charge is 0.419 e. The highest BCUT2D eigenvalue weighted by atomic mass is 16.4. The van der Waals surface area contributed by atoms with Crippen LogP contribution in [0.4, 0.5) is 0 Å². The highest BCUT2D eigenvalue weighted by molar-refractivity contribution is 5.51. The summed E-state index contributed by atoms with van der Waals surface area (Å²) in [5, 5.41) is 12.9. The van der Waals surface area contributed by atoms with Gasteiger partial charge < -0.3 is 4.42 Å². The van der Waals surface area contributed by atoms with Gasteiger partial charge in [0.25, 0.3) is 0 Å². The quantitative estimate of drug-likeness (QED) is 0.712. The lowest BCUT2D eigenvalue weighted by Crippen LogP contribution is -2.43. The summed E-state index contributed by atoms with van der Waals surface area (Å²) in [6, 6.07) is 12.4. The van der Waals surface area contributed by atoms with Crippen molar-refractivity contribution in [2.24, 2.45) is 0 Å². The van der Waals surface area contributed by atoms with Crippen LogP contribution in [0.3, 0.4) is 0 Å². The number of hydrogen-bond acceptors (Lipinski definition) is 5.